The SMILES string of the molecule is [CH]NCc1ccccc1F. The van der Waals surface area contributed by atoms with Crippen molar-refractivity contribution in [2.45, 2.75) is 6.54 Å². The minimum Gasteiger partial charge on any atom is -0.307 e. The normalized spacial score (nSPS) is 9.80. The molecule has 1 rings (SSSR count). The van der Waals surface area contributed by atoms with Crippen molar-refractivity contribution >= 4 is 0 Å². The molecule has 0 aliphatic carbocycles. The summed E-state index contributed by atoms with van der Waals surface area (Å²) in [5.74, 6) is -0.222. The number of rotatable bonds is 2. The van der Waals surface area contributed by atoms with E-state index in [1.54, 1.807) is 18.2 Å². The molecule has 0 amide bonds. The highest BCUT2D eigenvalue weighted by Crippen LogP contribution is 2.04. The van der Waals surface area contributed by atoms with E-state index in [-0.39, 0.29) is 5.82 Å². The summed E-state index contributed by atoms with van der Waals surface area (Å²) in [7, 11) is 5.01. The first kappa shape index (κ1) is 7.22. The van der Waals surface area contributed by atoms with Crippen LogP contribution in [0.3, 0.4) is 0 Å². The fraction of sp³-hybridized carbons (Fsp3) is 0.125. The Kier molecular flexibility index (Phi) is 2.40. The van der Waals surface area contributed by atoms with Gasteiger partial charge in [0.05, 0.1) is 0 Å². The highest BCUT2D eigenvalue weighted by Gasteiger charge is 1.96. The van der Waals surface area contributed by atoms with Gasteiger partial charge >= 0.3 is 0 Å². The van der Waals surface area contributed by atoms with E-state index in [1.807, 2.05) is 0 Å². The predicted molar refractivity (Wildman–Crippen MR) is 37.5 cm³/mol. The maximum Gasteiger partial charge on any atom is 0.127 e. The lowest BCUT2D eigenvalue weighted by Crippen LogP contribution is -2.03. The van der Waals surface area contributed by atoms with E-state index in [1.165, 1.54) is 6.07 Å². The molecular formula is C8H8FN. The maximum absolute atomic E-state index is 12.7. The van der Waals surface area contributed by atoms with Crippen LogP contribution in [0.2, 0.25) is 0 Å². The molecule has 0 spiro atoms. The van der Waals surface area contributed by atoms with Gasteiger partial charge in [0.2, 0.25) is 0 Å². The maximum atomic E-state index is 12.7. The molecule has 1 aromatic carbocycles. The molecule has 2 heteroatoms. The highest BCUT2D eigenvalue weighted by molar-refractivity contribution is 5.16. The Bertz CT molecular complexity index is 210. The molecule has 1 aromatic rings. The van der Waals surface area contributed by atoms with Crippen LogP contribution in [0.25, 0.3) is 0 Å². The van der Waals surface area contributed by atoms with E-state index >= 15 is 0 Å². The Morgan fingerprint density at radius 2 is 2.10 bits per heavy atom. The van der Waals surface area contributed by atoms with E-state index in [9.17, 15) is 4.39 Å². The largest absolute Gasteiger partial charge is 0.307 e. The number of hydrogen-bond donors (Lipinski definition) is 1. The molecule has 52 valence electrons. The van der Waals surface area contributed by atoms with Gasteiger partial charge in [0, 0.05) is 19.2 Å². The summed E-state index contributed by atoms with van der Waals surface area (Å²) in [5, 5.41) is 2.38. The van der Waals surface area contributed by atoms with Crippen molar-refractivity contribution in [3.05, 3.63) is 42.7 Å². The van der Waals surface area contributed by atoms with Gasteiger partial charge in [-0.15, -0.1) is 0 Å². The fourth-order valence-electron chi connectivity index (χ4n) is 0.752. The third-order valence-electron chi connectivity index (χ3n) is 1.25. The zero-order chi connectivity index (χ0) is 7.40. The van der Waals surface area contributed by atoms with Crippen LogP contribution in [0.15, 0.2) is 24.3 Å². The van der Waals surface area contributed by atoms with Crippen LogP contribution in [-0.4, -0.2) is 0 Å². The Hall–Kier alpha value is -0.890. The standard InChI is InChI=1S/C8H8FN/c1-10-6-7-4-2-3-5-8(7)9/h1-5,10H,6H2. The molecule has 0 unspecified atom stereocenters. The third-order valence-corrected chi connectivity index (χ3v) is 1.25. The Morgan fingerprint density at radius 3 is 2.70 bits per heavy atom. The van der Waals surface area contributed by atoms with Gasteiger partial charge in [-0.05, 0) is 6.07 Å². The first-order valence-corrected chi connectivity index (χ1v) is 3.01. The van der Waals surface area contributed by atoms with Gasteiger partial charge in [-0.3, -0.25) is 0 Å². The van der Waals surface area contributed by atoms with Gasteiger partial charge in [-0.1, -0.05) is 18.2 Å². The summed E-state index contributed by atoms with van der Waals surface area (Å²) in [6, 6.07) is 6.52. The molecule has 1 nitrogen and oxygen atoms in total. The molecule has 10 heavy (non-hydrogen) atoms. The van der Waals surface area contributed by atoms with Crippen LogP contribution in [0.1, 0.15) is 5.56 Å². The molecule has 0 bridgehead atoms. The van der Waals surface area contributed by atoms with Crippen LogP contribution >= 0.6 is 0 Å². The monoisotopic (exact) mass is 137 g/mol. The second kappa shape index (κ2) is 3.32. The molecule has 2 radical (unpaired) electrons. The summed E-state index contributed by atoms with van der Waals surface area (Å²) in [5.41, 5.74) is 0.588. The van der Waals surface area contributed by atoms with Gasteiger partial charge in [0.25, 0.3) is 0 Å². The van der Waals surface area contributed by atoms with Gasteiger partial charge in [0.15, 0.2) is 0 Å². The van der Waals surface area contributed by atoms with Crippen molar-refractivity contribution < 1.29 is 4.39 Å². The van der Waals surface area contributed by atoms with Crippen LogP contribution in [0.4, 0.5) is 4.39 Å². The molecule has 0 heterocycles. The summed E-state index contributed by atoms with van der Waals surface area (Å²) in [4.78, 5) is 0. The van der Waals surface area contributed by atoms with Crippen molar-refractivity contribution in [1.82, 2.24) is 5.32 Å². The van der Waals surface area contributed by atoms with Gasteiger partial charge < -0.3 is 5.32 Å². The molecule has 0 saturated carbocycles. The third kappa shape index (κ3) is 1.54. The van der Waals surface area contributed by atoms with Crippen LogP contribution < -0.4 is 5.32 Å². The molecule has 0 aliphatic heterocycles. The van der Waals surface area contributed by atoms with Crippen molar-refractivity contribution in [2.75, 3.05) is 0 Å². The molecule has 0 saturated heterocycles. The van der Waals surface area contributed by atoms with Gasteiger partial charge in [0.1, 0.15) is 5.82 Å². The Labute approximate surface area is 59.9 Å². The number of benzene rings is 1. The average molecular weight is 137 g/mol. The summed E-state index contributed by atoms with van der Waals surface area (Å²) in [6.07, 6.45) is 0. The van der Waals surface area contributed by atoms with Crippen molar-refractivity contribution in [3.8, 4) is 0 Å². The molecular weight excluding hydrogens is 129 g/mol. The number of halogens is 1. The second-order valence-corrected chi connectivity index (χ2v) is 1.97. The Morgan fingerprint density at radius 1 is 1.40 bits per heavy atom. The molecule has 1 N–H and O–H groups in total. The first-order valence-electron chi connectivity index (χ1n) is 3.01. The quantitative estimate of drug-likeness (QED) is 0.610. The first-order chi connectivity index (χ1) is 4.84. The van der Waals surface area contributed by atoms with E-state index < -0.39 is 0 Å². The minimum absolute atomic E-state index is 0.222. The van der Waals surface area contributed by atoms with Gasteiger partial charge in [-0.25, -0.2) is 4.39 Å². The number of hydrogen-bond acceptors (Lipinski definition) is 1. The van der Waals surface area contributed by atoms with Crippen LogP contribution in [0, 0.1) is 12.9 Å². The topological polar surface area (TPSA) is 12.0 Å². The summed E-state index contributed by atoms with van der Waals surface area (Å²) >= 11 is 0. The second-order valence-electron chi connectivity index (χ2n) is 1.97. The van der Waals surface area contributed by atoms with Crippen molar-refractivity contribution in [3.63, 3.8) is 0 Å². The fourth-order valence-corrected chi connectivity index (χ4v) is 0.752. The van der Waals surface area contributed by atoms with E-state index in [0.29, 0.717) is 12.1 Å². The molecule has 0 aromatic heterocycles. The van der Waals surface area contributed by atoms with Crippen LogP contribution in [0.5, 0.6) is 0 Å². The van der Waals surface area contributed by atoms with Crippen molar-refractivity contribution in [1.29, 1.82) is 0 Å². The molecule has 0 aliphatic rings. The zero-order valence-corrected chi connectivity index (χ0v) is 5.47. The smallest absolute Gasteiger partial charge is 0.127 e. The summed E-state index contributed by atoms with van der Waals surface area (Å²) in [6.45, 7) is 0.368. The highest BCUT2D eigenvalue weighted by atomic mass is 19.1. The zero-order valence-electron chi connectivity index (χ0n) is 5.47. The van der Waals surface area contributed by atoms with E-state index in [0.717, 1.165) is 0 Å². The lowest BCUT2D eigenvalue weighted by molar-refractivity contribution is 0.603. The van der Waals surface area contributed by atoms with Crippen molar-refractivity contribution in [2.24, 2.45) is 0 Å². The number of nitrogens with one attached hydrogen (secondary N) is 1. The minimum atomic E-state index is -0.222. The summed E-state index contributed by atoms with van der Waals surface area (Å²) < 4.78 is 12.7. The molecule has 0 atom stereocenters. The Balaban J connectivity index is 2.81. The van der Waals surface area contributed by atoms with E-state index in [2.05, 4.69) is 5.32 Å². The average Bonchev–Trinajstić information content (AvgIpc) is 1.94. The predicted octanol–water partition coefficient (Wildman–Crippen LogP) is 1.58. The van der Waals surface area contributed by atoms with Gasteiger partial charge in [-0.2, -0.15) is 0 Å². The van der Waals surface area contributed by atoms with Crippen LogP contribution in [-0.2, 0) is 6.54 Å². The molecule has 0 fully saturated rings. The lowest BCUT2D eigenvalue weighted by atomic mass is 10.2. The lowest BCUT2D eigenvalue weighted by Gasteiger charge is -1.98. The van der Waals surface area contributed by atoms with E-state index in [4.69, 9.17) is 7.05 Å².